The summed E-state index contributed by atoms with van der Waals surface area (Å²) < 4.78 is 32.5. The number of para-hydroxylation sites is 1. The molecule has 2 aliphatic heterocycles. The van der Waals surface area contributed by atoms with Crippen LogP contribution in [0.5, 0.6) is 0 Å². The molecule has 9 heteroatoms. The minimum Gasteiger partial charge on any atom is -0.309 e. The number of amides is 1. The van der Waals surface area contributed by atoms with E-state index >= 15 is 0 Å². The van der Waals surface area contributed by atoms with Gasteiger partial charge < -0.3 is 4.90 Å². The summed E-state index contributed by atoms with van der Waals surface area (Å²) in [5.41, 5.74) is 2.81. The molecule has 0 saturated carbocycles. The molecule has 1 aromatic heterocycles. The summed E-state index contributed by atoms with van der Waals surface area (Å²) in [6, 6.07) is 12.9. The Kier molecular flexibility index (Phi) is 4.59. The van der Waals surface area contributed by atoms with Gasteiger partial charge in [-0.15, -0.1) is 0 Å². The van der Waals surface area contributed by atoms with Gasteiger partial charge in [0, 0.05) is 30.7 Å². The van der Waals surface area contributed by atoms with Gasteiger partial charge in [0.15, 0.2) is 5.52 Å². The molecule has 0 spiro atoms. The number of fused-ring (bicyclic) bond motifs is 2. The van der Waals surface area contributed by atoms with E-state index in [9.17, 15) is 13.2 Å². The molecule has 1 fully saturated rings. The van der Waals surface area contributed by atoms with Crippen molar-refractivity contribution in [3.63, 3.8) is 0 Å². The lowest BCUT2D eigenvalue weighted by Gasteiger charge is -2.34. The highest BCUT2D eigenvalue weighted by Gasteiger charge is 2.38. The molecule has 3 heterocycles. The molecule has 0 aliphatic carbocycles. The van der Waals surface area contributed by atoms with E-state index in [1.54, 1.807) is 12.1 Å². The zero-order valence-electron chi connectivity index (χ0n) is 16.6. The Balaban J connectivity index is 1.33. The maximum Gasteiger partial charge on any atom is 0.245 e. The van der Waals surface area contributed by atoms with Crippen LogP contribution in [0.15, 0.2) is 52.0 Å². The van der Waals surface area contributed by atoms with Gasteiger partial charge in [0.05, 0.1) is 0 Å². The van der Waals surface area contributed by atoms with Crippen molar-refractivity contribution in [3.05, 3.63) is 48.0 Å². The number of hydrogen-bond acceptors (Lipinski definition) is 6. The topological polar surface area (TPSA) is 96.6 Å². The van der Waals surface area contributed by atoms with Gasteiger partial charge in [-0.1, -0.05) is 24.3 Å². The smallest absolute Gasteiger partial charge is 0.245 e. The lowest BCUT2D eigenvalue weighted by Crippen LogP contribution is -2.46. The molecule has 0 radical (unpaired) electrons. The summed E-state index contributed by atoms with van der Waals surface area (Å²) in [6.45, 7) is 2.65. The van der Waals surface area contributed by atoms with Crippen LogP contribution in [0.25, 0.3) is 11.0 Å². The Morgan fingerprint density at radius 3 is 2.63 bits per heavy atom. The van der Waals surface area contributed by atoms with E-state index in [1.807, 2.05) is 23.1 Å². The Morgan fingerprint density at radius 1 is 1.07 bits per heavy atom. The van der Waals surface area contributed by atoms with Crippen LogP contribution in [-0.2, 0) is 21.2 Å². The zero-order valence-corrected chi connectivity index (χ0v) is 17.4. The molecule has 2 aromatic carbocycles. The van der Waals surface area contributed by atoms with E-state index in [0.717, 1.165) is 12.1 Å². The van der Waals surface area contributed by atoms with Crippen LogP contribution in [0.3, 0.4) is 0 Å². The van der Waals surface area contributed by atoms with E-state index in [0.29, 0.717) is 31.4 Å². The van der Waals surface area contributed by atoms with Gasteiger partial charge in [-0.3, -0.25) is 4.79 Å². The van der Waals surface area contributed by atoms with Crippen LogP contribution in [0.1, 0.15) is 25.3 Å². The Morgan fingerprint density at radius 2 is 1.83 bits per heavy atom. The number of rotatable bonds is 3. The van der Waals surface area contributed by atoms with E-state index < -0.39 is 10.0 Å². The van der Waals surface area contributed by atoms with Gasteiger partial charge >= 0.3 is 0 Å². The first kappa shape index (κ1) is 19.2. The fourth-order valence-electron chi connectivity index (χ4n) is 4.57. The third-order valence-electron chi connectivity index (χ3n) is 6.11. The molecule has 1 saturated heterocycles. The van der Waals surface area contributed by atoms with Gasteiger partial charge in [0.25, 0.3) is 0 Å². The number of sulfonamides is 1. The lowest BCUT2D eigenvalue weighted by molar-refractivity contribution is -0.123. The SMILES string of the molecule is C[C@H]1Cc2ccccc2N1C(=O)C1CCN(S(=O)(=O)c2cccc3nonc23)CC1. The second kappa shape index (κ2) is 7.17. The molecular formula is C21H22N4O4S. The van der Waals surface area contributed by atoms with Gasteiger partial charge in [-0.05, 0) is 60.3 Å². The van der Waals surface area contributed by atoms with E-state index in [4.69, 9.17) is 4.63 Å². The highest BCUT2D eigenvalue weighted by Crippen LogP contribution is 2.35. The van der Waals surface area contributed by atoms with E-state index in [1.165, 1.54) is 15.9 Å². The largest absolute Gasteiger partial charge is 0.309 e. The average molecular weight is 426 g/mol. The molecule has 1 atom stereocenters. The number of carbonyl (C=O) groups is 1. The van der Waals surface area contributed by atoms with Crippen LogP contribution in [0.4, 0.5) is 5.69 Å². The predicted octanol–water partition coefficient (Wildman–Crippen LogP) is 2.60. The van der Waals surface area contributed by atoms with Gasteiger partial charge in [-0.2, -0.15) is 4.31 Å². The Bertz CT molecular complexity index is 1210. The van der Waals surface area contributed by atoms with Crippen molar-refractivity contribution >= 4 is 32.7 Å². The molecular weight excluding hydrogens is 404 g/mol. The van der Waals surface area contributed by atoms with Crippen molar-refractivity contribution in [2.75, 3.05) is 18.0 Å². The second-order valence-electron chi connectivity index (χ2n) is 7.96. The van der Waals surface area contributed by atoms with Crippen LogP contribution >= 0.6 is 0 Å². The molecule has 2 aliphatic rings. The highest BCUT2D eigenvalue weighted by molar-refractivity contribution is 7.89. The van der Waals surface area contributed by atoms with Crippen molar-refractivity contribution in [1.29, 1.82) is 0 Å². The third-order valence-corrected chi connectivity index (χ3v) is 8.04. The van der Waals surface area contributed by atoms with Crippen LogP contribution in [-0.4, -0.2) is 48.1 Å². The predicted molar refractivity (Wildman–Crippen MR) is 110 cm³/mol. The summed E-state index contributed by atoms with van der Waals surface area (Å²) in [7, 11) is -3.74. The lowest BCUT2D eigenvalue weighted by atomic mass is 9.96. The van der Waals surface area contributed by atoms with Crippen molar-refractivity contribution in [2.45, 2.75) is 37.1 Å². The maximum absolute atomic E-state index is 13.3. The Hall–Kier alpha value is -2.78. The van der Waals surface area contributed by atoms with Crippen LogP contribution in [0.2, 0.25) is 0 Å². The number of aromatic nitrogens is 2. The second-order valence-corrected chi connectivity index (χ2v) is 9.86. The molecule has 3 aromatic rings. The molecule has 0 bridgehead atoms. The average Bonchev–Trinajstić information content (AvgIpc) is 3.36. The summed E-state index contributed by atoms with van der Waals surface area (Å²) in [5.74, 6) is -0.0955. The Labute approximate surface area is 174 Å². The number of carbonyl (C=O) groups excluding carboxylic acids is 1. The minimum atomic E-state index is -3.74. The van der Waals surface area contributed by atoms with Crippen LogP contribution in [0, 0.1) is 5.92 Å². The first-order valence-corrected chi connectivity index (χ1v) is 11.5. The van der Waals surface area contributed by atoms with Crippen LogP contribution < -0.4 is 4.90 Å². The van der Waals surface area contributed by atoms with Crippen molar-refractivity contribution in [1.82, 2.24) is 14.6 Å². The first-order valence-electron chi connectivity index (χ1n) is 10.1. The number of anilines is 1. The molecule has 1 amide bonds. The summed E-state index contributed by atoms with van der Waals surface area (Å²) in [6.07, 6.45) is 1.85. The third kappa shape index (κ3) is 3.00. The fourth-order valence-corrected chi connectivity index (χ4v) is 6.18. The first-order chi connectivity index (χ1) is 14.5. The molecule has 8 nitrogen and oxygen atoms in total. The normalized spacial score (nSPS) is 20.6. The summed E-state index contributed by atoms with van der Waals surface area (Å²) >= 11 is 0. The maximum atomic E-state index is 13.3. The van der Waals surface area contributed by atoms with Gasteiger partial charge in [-0.25, -0.2) is 13.0 Å². The summed E-state index contributed by atoms with van der Waals surface area (Å²) in [5, 5.41) is 7.48. The van der Waals surface area contributed by atoms with Crippen molar-refractivity contribution in [2.24, 2.45) is 5.92 Å². The molecule has 5 rings (SSSR count). The number of hydrogen-bond donors (Lipinski definition) is 0. The number of nitrogens with zero attached hydrogens (tertiary/aromatic N) is 4. The minimum absolute atomic E-state index is 0.0901. The van der Waals surface area contributed by atoms with Crippen molar-refractivity contribution in [3.8, 4) is 0 Å². The number of piperidine rings is 1. The van der Waals surface area contributed by atoms with Gasteiger partial charge in [0.2, 0.25) is 15.9 Å². The quantitative estimate of drug-likeness (QED) is 0.639. The highest BCUT2D eigenvalue weighted by atomic mass is 32.2. The molecule has 0 unspecified atom stereocenters. The number of benzene rings is 2. The van der Waals surface area contributed by atoms with E-state index in [-0.39, 0.29) is 28.3 Å². The standard InChI is InChI=1S/C21H22N4O4S/c1-14-13-16-5-2-3-7-18(16)25(14)21(26)15-9-11-24(12-10-15)30(27,28)19-8-4-6-17-20(19)23-29-22-17/h2-8,14-15H,9-13H2,1H3/t14-/m0/s1. The zero-order chi connectivity index (χ0) is 20.9. The van der Waals surface area contributed by atoms with Crippen molar-refractivity contribution < 1.29 is 17.8 Å². The van der Waals surface area contributed by atoms with E-state index in [2.05, 4.69) is 23.3 Å². The molecule has 0 N–H and O–H groups in total. The summed E-state index contributed by atoms with van der Waals surface area (Å²) in [4.78, 5) is 15.3. The molecule has 30 heavy (non-hydrogen) atoms. The fraction of sp³-hybridized carbons (Fsp3) is 0.381. The monoisotopic (exact) mass is 426 g/mol. The molecule has 156 valence electrons. The van der Waals surface area contributed by atoms with Gasteiger partial charge in [0.1, 0.15) is 10.4 Å².